The zero-order chi connectivity index (χ0) is 17.7. The maximum Gasteiger partial charge on any atom is 0.270 e. The number of nitriles is 1. The van der Waals surface area contributed by atoms with Gasteiger partial charge in [0.05, 0.1) is 16.2 Å². The quantitative estimate of drug-likeness (QED) is 0.593. The number of nitrogens with one attached hydrogen (secondary N) is 1. The van der Waals surface area contributed by atoms with Crippen molar-refractivity contribution in [3.63, 3.8) is 0 Å². The molecule has 0 atom stereocenters. The van der Waals surface area contributed by atoms with E-state index in [9.17, 15) is 18.5 Å². The van der Waals surface area contributed by atoms with Crippen molar-refractivity contribution in [3.05, 3.63) is 51.4 Å². The molecule has 10 heteroatoms. The van der Waals surface area contributed by atoms with Crippen LogP contribution in [0.2, 0.25) is 0 Å². The van der Waals surface area contributed by atoms with Crippen molar-refractivity contribution >= 4 is 32.7 Å². The summed E-state index contributed by atoms with van der Waals surface area (Å²) in [5.74, 6) is 0. The van der Waals surface area contributed by atoms with Crippen LogP contribution >= 0.6 is 11.3 Å². The average Bonchev–Trinajstić information content (AvgIpc) is 3.09. The Balaban J connectivity index is 2.02. The number of anilines is 1. The molecule has 0 saturated heterocycles. The SMILES string of the molecule is CN(CCNc1ccc([N+](=O)[O-])cc1C#N)S(=O)(=O)c1cccs1. The molecule has 2 rings (SSSR count). The van der Waals surface area contributed by atoms with Gasteiger partial charge < -0.3 is 5.32 Å². The van der Waals surface area contributed by atoms with Gasteiger partial charge in [-0.25, -0.2) is 8.42 Å². The van der Waals surface area contributed by atoms with Crippen LogP contribution in [-0.4, -0.2) is 37.8 Å². The summed E-state index contributed by atoms with van der Waals surface area (Å²) in [6, 6.07) is 8.98. The molecule has 2 aromatic rings. The van der Waals surface area contributed by atoms with E-state index in [4.69, 9.17) is 5.26 Å². The molecule has 1 heterocycles. The van der Waals surface area contributed by atoms with Gasteiger partial charge in [0, 0.05) is 32.3 Å². The summed E-state index contributed by atoms with van der Waals surface area (Å²) >= 11 is 1.14. The van der Waals surface area contributed by atoms with E-state index >= 15 is 0 Å². The summed E-state index contributed by atoms with van der Waals surface area (Å²) in [7, 11) is -2.06. The maximum atomic E-state index is 12.3. The Kier molecular flexibility index (Phi) is 5.50. The molecule has 0 amide bonds. The normalized spacial score (nSPS) is 11.2. The van der Waals surface area contributed by atoms with E-state index in [-0.39, 0.29) is 28.5 Å². The molecule has 0 saturated carbocycles. The number of hydrogen-bond acceptors (Lipinski definition) is 7. The molecule has 1 aromatic carbocycles. The Bertz CT molecular complexity index is 873. The summed E-state index contributed by atoms with van der Waals surface area (Å²) < 4.78 is 26.0. The average molecular weight is 366 g/mol. The van der Waals surface area contributed by atoms with Crippen LogP contribution in [0.1, 0.15) is 5.56 Å². The van der Waals surface area contributed by atoms with Crippen molar-refractivity contribution in [2.45, 2.75) is 4.21 Å². The van der Waals surface area contributed by atoms with Gasteiger partial charge >= 0.3 is 0 Å². The summed E-state index contributed by atoms with van der Waals surface area (Å²) in [6.45, 7) is 0.440. The Labute approximate surface area is 143 Å². The van der Waals surface area contributed by atoms with Crippen LogP contribution in [0.4, 0.5) is 11.4 Å². The fourth-order valence-electron chi connectivity index (χ4n) is 1.92. The lowest BCUT2D eigenvalue weighted by Crippen LogP contribution is -2.31. The number of nitrogens with zero attached hydrogens (tertiary/aromatic N) is 3. The van der Waals surface area contributed by atoms with Crippen molar-refractivity contribution in [1.82, 2.24) is 4.31 Å². The number of nitro benzene ring substituents is 1. The topological polar surface area (TPSA) is 116 Å². The molecule has 0 fully saturated rings. The molecule has 0 spiro atoms. The van der Waals surface area contributed by atoms with Crippen LogP contribution in [0, 0.1) is 21.4 Å². The molecule has 24 heavy (non-hydrogen) atoms. The van der Waals surface area contributed by atoms with Gasteiger partial charge in [-0.1, -0.05) is 6.07 Å². The fourth-order valence-corrected chi connectivity index (χ4v) is 4.30. The van der Waals surface area contributed by atoms with Gasteiger partial charge in [-0.2, -0.15) is 9.57 Å². The molecule has 0 aliphatic heterocycles. The van der Waals surface area contributed by atoms with Gasteiger partial charge in [0.2, 0.25) is 0 Å². The molecule has 0 unspecified atom stereocenters. The van der Waals surface area contributed by atoms with Crippen molar-refractivity contribution in [3.8, 4) is 6.07 Å². The third-order valence-electron chi connectivity index (χ3n) is 3.24. The van der Waals surface area contributed by atoms with Crippen molar-refractivity contribution in [2.75, 3.05) is 25.5 Å². The smallest absolute Gasteiger partial charge is 0.270 e. The second-order valence-electron chi connectivity index (χ2n) is 4.78. The highest BCUT2D eigenvalue weighted by atomic mass is 32.2. The summed E-state index contributed by atoms with van der Waals surface area (Å²) in [5.41, 5.74) is 0.382. The molecule has 0 bridgehead atoms. The van der Waals surface area contributed by atoms with Crippen molar-refractivity contribution in [1.29, 1.82) is 5.26 Å². The number of likely N-dealkylation sites (N-methyl/N-ethyl adjacent to an activating group) is 1. The minimum Gasteiger partial charge on any atom is -0.383 e. The Morgan fingerprint density at radius 3 is 2.75 bits per heavy atom. The van der Waals surface area contributed by atoms with Crippen molar-refractivity contribution < 1.29 is 13.3 Å². The molecule has 0 aliphatic rings. The number of benzene rings is 1. The lowest BCUT2D eigenvalue weighted by Gasteiger charge is -2.17. The number of rotatable bonds is 7. The molecule has 1 N–H and O–H groups in total. The first-order valence-electron chi connectivity index (χ1n) is 6.78. The molecule has 8 nitrogen and oxygen atoms in total. The number of non-ortho nitro benzene ring substituents is 1. The fraction of sp³-hybridized carbons (Fsp3) is 0.214. The van der Waals surface area contributed by atoms with Gasteiger partial charge in [0.25, 0.3) is 15.7 Å². The molecule has 0 aliphatic carbocycles. The van der Waals surface area contributed by atoms with Crippen LogP contribution in [-0.2, 0) is 10.0 Å². The Morgan fingerprint density at radius 1 is 1.42 bits per heavy atom. The van der Waals surface area contributed by atoms with E-state index in [0.717, 1.165) is 11.3 Å². The Hall–Kier alpha value is -2.48. The van der Waals surface area contributed by atoms with E-state index in [0.29, 0.717) is 5.69 Å². The van der Waals surface area contributed by atoms with Gasteiger partial charge in [-0.15, -0.1) is 11.3 Å². The van der Waals surface area contributed by atoms with Gasteiger partial charge in [-0.05, 0) is 17.5 Å². The van der Waals surface area contributed by atoms with Crippen molar-refractivity contribution in [2.24, 2.45) is 0 Å². The third-order valence-corrected chi connectivity index (χ3v) is 6.47. The minimum absolute atomic E-state index is 0.132. The van der Waals surface area contributed by atoms with Gasteiger partial charge in [0.15, 0.2) is 0 Å². The van der Waals surface area contributed by atoms with Gasteiger partial charge in [-0.3, -0.25) is 10.1 Å². The zero-order valence-electron chi connectivity index (χ0n) is 12.7. The maximum absolute atomic E-state index is 12.3. The second-order valence-corrected chi connectivity index (χ2v) is 8.00. The van der Waals surface area contributed by atoms with E-state index in [1.165, 1.54) is 35.6 Å². The standard InChI is InChI=1S/C14H14N4O4S2/c1-17(24(21,22)14-3-2-8-23-14)7-6-16-13-5-4-12(18(19)20)9-11(13)10-15/h2-5,8-9,16H,6-7H2,1H3. The number of sulfonamides is 1. The predicted octanol–water partition coefficient (Wildman–Crippen LogP) is 2.26. The molecule has 1 aromatic heterocycles. The number of thiophene rings is 1. The van der Waals surface area contributed by atoms with Crippen LogP contribution in [0.15, 0.2) is 39.9 Å². The first-order chi connectivity index (χ1) is 11.4. The monoisotopic (exact) mass is 366 g/mol. The minimum atomic E-state index is -3.53. The lowest BCUT2D eigenvalue weighted by atomic mass is 10.1. The van der Waals surface area contributed by atoms with Crippen LogP contribution < -0.4 is 5.32 Å². The largest absolute Gasteiger partial charge is 0.383 e. The Morgan fingerprint density at radius 2 is 2.17 bits per heavy atom. The molecular weight excluding hydrogens is 352 g/mol. The third kappa shape index (κ3) is 3.88. The first kappa shape index (κ1) is 17.9. The summed E-state index contributed by atoms with van der Waals surface area (Å²) in [6.07, 6.45) is 0. The highest BCUT2D eigenvalue weighted by Gasteiger charge is 2.21. The molecule has 0 radical (unpaired) electrons. The zero-order valence-corrected chi connectivity index (χ0v) is 14.3. The number of hydrogen-bond donors (Lipinski definition) is 1. The predicted molar refractivity (Wildman–Crippen MR) is 90.4 cm³/mol. The summed E-state index contributed by atoms with van der Waals surface area (Å²) in [4.78, 5) is 10.1. The van der Waals surface area contributed by atoms with Gasteiger partial charge in [0.1, 0.15) is 10.3 Å². The molecular formula is C14H14N4O4S2. The molecule has 126 valence electrons. The van der Waals surface area contributed by atoms with Crippen LogP contribution in [0.25, 0.3) is 0 Å². The summed E-state index contributed by atoms with van der Waals surface area (Å²) in [5, 5.41) is 24.4. The van der Waals surface area contributed by atoms with E-state index in [1.54, 1.807) is 11.4 Å². The second kappa shape index (κ2) is 7.39. The lowest BCUT2D eigenvalue weighted by molar-refractivity contribution is -0.384. The van der Waals surface area contributed by atoms with E-state index in [2.05, 4.69) is 5.32 Å². The highest BCUT2D eigenvalue weighted by molar-refractivity contribution is 7.91. The van der Waals surface area contributed by atoms with E-state index in [1.807, 2.05) is 6.07 Å². The van der Waals surface area contributed by atoms with Crippen LogP contribution in [0.3, 0.4) is 0 Å². The van der Waals surface area contributed by atoms with Crippen LogP contribution in [0.5, 0.6) is 0 Å². The van der Waals surface area contributed by atoms with E-state index < -0.39 is 14.9 Å². The highest BCUT2D eigenvalue weighted by Crippen LogP contribution is 2.22. The first-order valence-corrected chi connectivity index (χ1v) is 9.10. The number of nitro groups is 1.